The molecule has 4 nitrogen and oxygen atoms in total. The lowest BCUT2D eigenvalue weighted by molar-refractivity contribution is 0.00721. The Bertz CT molecular complexity index is 778. The molecule has 0 unspecified atom stereocenters. The summed E-state index contributed by atoms with van der Waals surface area (Å²) in [5.74, 6) is -0.289. The summed E-state index contributed by atoms with van der Waals surface area (Å²) < 4.78 is 19.0. The highest BCUT2D eigenvalue weighted by Gasteiger charge is 2.37. The fourth-order valence-electron chi connectivity index (χ4n) is 3.61. The van der Waals surface area contributed by atoms with Gasteiger partial charge in [-0.15, -0.1) is 0 Å². The zero-order valence-electron chi connectivity index (χ0n) is 13.9. The van der Waals surface area contributed by atoms with Gasteiger partial charge in [-0.1, -0.05) is 36.4 Å². The number of hydrogen-bond donors (Lipinski definition) is 1. The molecule has 130 valence electrons. The Balaban J connectivity index is 1.67. The van der Waals surface area contributed by atoms with E-state index in [1.54, 1.807) is 17.0 Å². The molecule has 1 fully saturated rings. The van der Waals surface area contributed by atoms with Crippen LogP contribution in [-0.2, 0) is 11.2 Å². The van der Waals surface area contributed by atoms with E-state index in [9.17, 15) is 9.18 Å². The standard InChI is InChI=1S/C20H21FN2O2/c21-15-7-5-14(6-8-15)19-16-4-2-1-3-13(16)11-12-23(19)20(24)25-18-10-9-17(18)22/h1-8,17-19H,9-12,22H2/t17-,18-,19+/m1/s1. The van der Waals surface area contributed by atoms with Crippen LogP contribution in [0.3, 0.4) is 0 Å². The molecule has 0 aromatic heterocycles. The molecule has 0 bridgehead atoms. The molecule has 1 aliphatic heterocycles. The molecule has 2 aliphatic rings. The highest BCUT2D eigenvalue weighted by Crippen LogP contribution is 2.36. The van der Waals surface area contributed by atoms with Gasteiger partial charge in [-0.25, -0.2) is 9.18 Å². The molecule has 2 aromatic carbocycles. The van der Waals surface area contributed by atoms with Gasteiger partial charge < -0.3 is 10.5 Å². The number of amides is 1. The minimum Gasteiger partial charge on any atom is -0.444 e. The van der Waals surface area contributed by atoms with Crippen molar-refractivity contribution in [3.8, 4) is 0 Å². The minimum absolute atomic E-state index is 0.0645. The van der Waals surface area contributed by atoms with Crippen LogP contribution in [0.1, 0.15) is 35.6 Å². The number of carbonyl (C=O) groups is 1. The predicted octanol–water partition coefficient (Wildman–Crippen LogP) is 3.40. The quantitative estimate of drug-likeness (QED) is 0.912. The first-order chi connectivity index (χ1) is 12.1. The third-order valence-electron chi connectivity index (χ3n) is 5.22. The average molecular weight is 340 g/mol. The number of carbonyl (C=O) groups excluding carboxylic acids is 1. The van der Waals surface area contributed by atoms with Gasteiger partial charge in [-0.05, 0) is 48.1 Å². The zero-order valence-corrected chi connectivity index (χ0v) is 13.9. The Morgan fingerprint density at radius 2 is 1.88 bits per heavy atom. The predicted molar refractivity (Wildman–Crippen MR) is 92.6 cm³/mol. The first-order valence-corrected chi connectivity index (χ1v) is 8.69. The van der Waals surface area contributed by atoms with E-state index in [1.807, 2.05) is 18.2 Å². The Morgan fingerprint density at radius 3 is 2.56 bits per heavy atom. The number of benzene rings is 2. The van der Waals surface area contributed by atoms with E-state index in [2.05, 4.69) is 6.07 Å². The number of nitrogens with two attached hydrogens (primary N) is 1. The first-order valence-electron chi connectivity index (χ1n) is 8.69. The smallest absolute Gasteiger partial charge is 0.410 e. The van der Waals surface area contributed by atoms with E-state index in [0.717, 1.165) is 30.4 Å². The van der Waals surface area contributed by atoms with Crippen molar-refractivity contribution in [2.75, 3.05) is 6.54 Å². The maximum atomic E-state index is 13.4. The molecule has 4 rings (SSSR count). The van der Waals surface area contributed by atoms with Crippen molar-refractivity contribution in [3.05, 3.63) is 71.0 Å². The van der Waals surface area contributed by atoms with Gasteiger partial charge in [0.2, 0.25) is 0 Å². The van der Waals surface area contributed by atoms with Crippen molar-refractivity contribution in [2.45, 2.75) is 37.5 Å². The lowest BCUT2D eigenvalue weighted by Crippen LogP contribution is -2.50. The van der Waals surface area contributed by atoms with Gasteiger partial charge in [0, 0.05) is 12.6 Å². The van der Waals surface area contributed by atoms with Gasteiger partial charge in [-0.2, -0.15) is 0 Å². The monoisotopic (exact) mass is 340 g/mol. The molecule has 0 spiro atoms. The lowest BCUT2D eigenvalue weighted by atomic mass is 9.88. The summed E-state index contributed by atoms with van der Waals surface area (Å²) in [6.45, 7) is 0.569. The average Bonchev–Trinajstić information content (AvgIpc) is 2.64. The summed E-state index contributed by atoms with van der Waals surface area (Å²) in [5, 5.41) is 0. The maximum absolute atomic E-state index is 13.4. The molecule has 5 heteroatoms. The van der Waals surface area contributed by atoms with Gasteiger partial charge in [0.15, 0.2) is 0 Å². The number of ether oxygens (including phenoxy) is 1. The number of halogens is 1. The van der Waals surface area contributed by atoms with Gasteiger partial charge in [-0.3, -0.25) is 4.90 Å². The van der Waals surface area contributed by atoms with Gasteiger partial charge in [0.1, 0.15) is 11.9 Å². The largest absolute Gasteiger partial charge is 0.444 e. The van der Waals surface area contributed by atoms with Crippen LogP contribution in [0.2, 0.25) is 0 Å². The molecule has 1 aliphatic carbocycles. The van der Waals surface area contributed by atoms with Crippen molar-refractivity contribution >= 4 is 6.09 Å². The van der Waals surface area contributed by atoms with Crippen LogP contribution in [0.15, 0.2) is 48.5 Å². The number of hydrogen-bond acceptors (Lipinski definition) is 3. The Hall–Kier alpha value is -2.40. The van der Waals surface area contributed by atoms with Crippen molar-refractivity contribution in [1.29, 1.82) is 0 Å². The summed E-state index contributed by atoms with van der Waals surface area (Å²) in [5.41, 5.74) is 9.05. The van der Waals surface area contributed by atoms with Crippen molar-refractivity contribution in [2.24, 2.45) is 5.73 Å². The Labute approximate surface area is 146 Å². The second-order valence-electron chi connectivity index (χ2n) is 6.76. The number of nitrogens with zero attached hydrogens (tertiary/aromatic N) is 1. The first kappa shape index (κ1) is 16.1. The van der Waals surface area contributed by atoms with E-state index in [0.29, 0.717) is 6.54 Å². The third kappa shape index (κ3) is 3.00. The van der Waals surface area contributed by atoms with Crippen LogP contribution in [0.4, 0.5) is 9.18 Å². The molecule has 2 aromatic rings. The molecule has 1 amide bonds. The second kappa shape index (κ2) is 6.48. The topological polar surface area (TPSA) is 55.6 Å². The molecule has 0 radical (unpaired) electrons. The van der Waals surface area contributed by atoms with E-state index in [1.165, 1.54) is 17.7 Å². The Kier molecular flexibility index (Phi) is 4.17. The highest BCUT2D eigenvalue weighted by molar-refractivity contribution is 5.70. The van der Waals surface area contributed by atoms with E-state index in [-0.39, 0.29) is 30.1 Å². The zero-order chi connectivity index (χ0) is 17.4. The molecule has 1 saturated carbocycles. The SMILES string of the molecule is N[C@@H]1CC[C@H]1OC(=O)N1CCc2ccccc2[C@@H]1c1ccc(F)cc1. The molecule has 1 heterocycles. The van der Waals surface area contributed by atoms with Gasteiger partial charge in [0.25, 0.3) is 0 Å². The summed E-state index contributed by atoms with van der Waals surface area (Å²) in [6.07, 6.45) is 1.95. The molecule has 0 saturated heterocycles. The third-order valence-corrected chi connectivity index (χ3v) is 5.22. The fourth-order valence-corrected chi connectivity index (χ4v) is 3.61. The van der Waals surface area contributed by atoms with Crippen LogP contribution in [0.5, 0.6) is 0 Å². The molecular weight excluding hydrogens is 319 g/mol. The summed E-state index contributed by atoms with van der Waals surface area (Å²) in [6, 6.07) is 14.1. The number of fused-ring (bicyclic) bond motifs is 1. The van der Waals surface area contributed by atoms with E-state index in [4.69, 9.17) is 10.5 Å². The number of rotatable bonds is 2. The summed E-state index contributed by atoms with van der Waals surface area (Å²) in [4.78, 5) is 14.5. The minimum atomic E-state index is -0.344. The summed E-state index contributed by atoms with van der Waals surface area (Å²) in [7, 11) is 0. The molecule has 25 heavy (non-hydrogen) atoms. The van der Waals surface area contributed by atoms with Gasteiger partial charge >= 0.3 is 6.09 Å². The van der Waals surface area contributed by atoms with Crippen molar-refractivity contribution in [3.63, 3.8) is 0 Å². The van der Waals surface area contributed by atoms with Gasteiger partial charge in [0.05, 0.1) is 6.04 Å². The van der Waals surface area contributed by atoms with Crippen LogP contribution >= 0.6 is 0 Å². The lowest BCUT2D eigenvalue weighted by Gasteiger charge is -2.40. The van der Waals surface area contributed by atoms with Crippen LogP contribution < -0.4 is 5.73 Å². The van der Waals surface area contributed by atoms with Crippen LogP contribution in [0.25, 0.3) is 0 Å². The normalized spacial score (nSPS) is 25.0. The maximum Gasteiger partial charge on any atom is 0.410 e. The molecule has 2 N–H and O–H groups in total. The molecule has 3 atom stereocenters. The van der Waals surface area contributed by atoms with Crippen LogP contribution in [-0.4, -0.2) is 29.7 Å². The Morgan fingerprint density at radius 1 is 1.12 bits per heavy atom. The second-order valence-corrected chi connectivity index (χ2v) is 6.76. The van der Waals surface area contributed by atoms with Crippen LogP contribution in [0, 0.1) is 5.82 Å². The van der Waals surface area contributed by atoms with Crippen molar-refractivity contribution < 1.29 is 13.9 Å². The highest BCUT2D eigenvalue weighted by atomic mass is 19.1. The molecular formula is C20H21FN2O2. The van der Waals surface area contributed by atoms with E-state index < -0.39 is 0 Å². The summed E-state index contributed by atoms with van der Waals surface area (Å²) >= 11 is 0. The van der Waals surface area contributed by atoms with Crippen molar-refractivity contribution in [1.82, 2.24) is 4.90 Å². The fraction of sp³-hybridized carbons (Fsp3) is 0.350. The van der Waals surface area contributed by atoms with E-state index >= 15 is 0 Å².